The topological polar surface area (TPSA) is 92.3 Å². The zero-order chi connectivity index (χ0) is 27.5. The van der Waals surface area contributed by atoms with Gasteiger partial charge in [-0.1, -0.05) is 62.3 Å². The average Bonchev–Trinajstić information content (AvgIpc) is 2.92. The molecular weight excluding hydrogens is 629 g/mol. The maximum atomic E-state index is 7.07. The van der Waals surface area contributed by atoms with Crippen LogP contribution in [-0.2, 0) is 41.2 Å². The Bertz CT molecular complexity index is 598. The molecule has 0 N–H and O–H groups in total. The molecule has 0 aromatic rings. The van der Waals surface area contributed by atoms with Gasteiger partial charge in [-0.25, -0.2) is 0 Å². The van der Waals surface area contributed by atoms with Gasteiger partial charge in [0.1, 0.15) is 0 Å². The predicted octanol–water partition coefficient (Wildman–Crippen LogP) is 4.65. The van der Waals surface area contributed by atoms with Gasteiger partial charge in [-0.05, 0) is 42.3 Å². The summed E-state index contributed by atoms with van der Waals surface area (Å²) in [7, 11) is -18.2. The third kappa shape index (κ3) is 10.4. The molecule has 19 heteroatoms. The predicted molar refractivity (Wildman–Crippen MR) is 157 cm³/mol. The van der Waals surface area contributed by atoms with Crippen LogP contribution in [-0.4, -0.2) is 82.6 Å². The SMILES string of the molecule is CC[Si]1O[Si](CC)O[Si](CC)O[Si]2(CC)O[Si](CC)O[Si](CC)O[Si](CC)O[Si](CC)(O[Si](CC)O1)O2. The van der Waals surface area contributed by atoms with Gasteiger partial charge in [-0.2, -0.15) is 0 Å². The largest absolute Gasteiger partial charge is 0.475 e. The van der Waals surface area contributed by atoms with E-state index in [0.717, 1.165) is 42.3 Å². The Kier molecular flexibility index (Phi) is 16.4. The highest BCUT2D eigenvalue weighted by atomic mass is 28.5. The van der Waals surface area contributed by atoms with Crippen molar-refractivity contribution >= 4 is 82.6 Å². The third-order valence-electron chi connectivity index (χ3n) is 5.41. The van der Waals surface area contributed by atoms with Crippen molar-refractivity contribution in [2.45, 2.75) is 117 Å². The van der Waals surface area contributed by atoms with Crippen molar-refractivity contribution in [3.63, 3.8) is 0 Å². The molecule has 2 saturated heterocycles. The molecule has 2 bridgehead atoms. The van der Waals surface area contributed by atoms with E-state index in [1.54, 1.807) is 0 Å². The first-order chi connectivity index (χ1) is 17.8. The van der Waals surface area contributed by atoms with Crippen molar-refractivity contribution in [1.82, 2.24) is 0 Å². The lowest BCUT2D eigenvalue weighted by atomic mass is 11.0. The highest BCUT2D eigenvalue weighted by molar-refractivity contribution is 6.87. The van der Waals surface area contributed by atoms with Crippen LogP contribution in [0.4, 0.5) is 0 Å². The molecule has 2 atom stereocenters. The molecule has 2 rings (SSSR count). The van der Waals surface area contributed by atoms with Crippen molar-refractivity contribution in [2.24, 2.45) is 0 Å². The Morgan fingerprint density at radius 3 is 0.757 bits per heavy atom. The normalized spacial score (nSPS) is 30.7. The molecule has 37 heavy (non-hydrogen) atoms. The van der Waals surface area contributed by atoms with Crippen molar-refractivity contribution in [3.05, 3.63) is 0 Å². The van der Waals surface area contributed by atoms with Crippen LogP contribution in [0, 0.1) is 0 Å². The fraction of sp³-hybridized carbons (Fsp3) is 1.00. The summed E-state index contributed by atoms with van der Waals surface area (Å²) in [5.41, 5.74) is 0. The van der Waals surface area contributed by atoms with Gasteiger partial charge >= 0.3 is 82.6 Å². The molecule has 2 aliphatic heterocycles. The van der Waals surface area contributed by atoms with Crippen LogP contribution in [0.15, 0.2) is 0 Å². The van der Waals surface area contributed by atoms with E-state index in [9.17, 15) is 0 Å². The Morgan fingerprint density at radius 2 is 0.568 bits per heavy atom. The van der Waals surface area contributed by atoms with Gasteiger partial charge in [0.25, 0.3) is 0 Å². The summed E-state index contributed by atoms with van der Waals surface area (Å²) in [6, 6.07) is 6.61. The molecule has 2 fully saturated rings. The standard InChI is InChI=1S/C18H45O10Si9/c1-10-29-19-30(11-2)21-33(14-5)25-37(18-9)27-35(16-7)23-31(12-3)22-34(15-6)26-36(17-8,28-37)24-32(13-4)20-29/h10-18H2,1-9H3. The molecule has 0 amide bonds. The van der Waals surface area contributed by atoms with Crippen LogP contribution >= 0.6 is 0 Å². The van der Waals surface area contributed by atoms with Gasteiger partial charge in [-0.3, -0.25) is 0 Å². The second-order valence-corrected chi connectivity index (χ2v) is 30.6. The van der Waals surface area contributed by atoms with Gasteiger partial charge in [0.05, 0.1) is 0 Å². The summed E-state index contributed by atoms with van der Waals surface area (Å²) in [6.07, 6.45) is 0. The first-order valence-corrected chi connectivity index (χ1v) is 28.2. The lowest BCUT2D eigenvalue weighted by Gasteiger charge is -2.44. The van der Waals surface area contributed by atoms with Crippen LogP contribution in [0.1, 0.15) is 62.3 Å². The first kappa shape index (κ1) is 34.8. The van der Waals surface area contributed by atoms with Crippen LogP contribution < -0.4 is 0 Å². The van der Waals surface area contributed by atoms with Crippen LogP contribution in [0.5, 0.6) is 0 Å². The number of rotatable bonds is 9. The molecule has 2 aliphatic rings. The first-order valence-electron chi connectivity index (χ1n) is 13.6. The summed E-state index contributed by atoms with van der Waals surface area (Å²) >= 11 is 0. The fourth-order valence-corrected chi connectivity index (χ4v) is 34.4. The van der Waals surface area contributed by atoms with Crippen molar-refractivity contribution in [3.8, 4) is 0 Å². The zero-order valence-electron chi connectivity index (χ0n) is 23.9. The molecular formula is C18H45O10Si9. The Hall–Kier alpha value is 1.55. The summed E-state index contributed by atoms with van der Waals surface area (Å²) in [4.78, 5) is 0. The van der Waals surface area contributed by atoms with Gasteiger partial charge in [0.15, 0.2) is 0 Å². The molecule has 0 aromatic carbocycles. The smallest absolute Gasteiger partial charge is 0.414 e. The number of hydrogen-bond acceptors (Lipinski definition) is 10. The van der Waals surface area contributed by atoms with E-state index in [1.165, 1.54) is 0 Å². The van der Waals surface area contributed by atoms with E-state index in [2.05, 4.69) is 62.3 Å². The maximum Gasteiger partial charge on any atom is 0.475 e. The molecule has 213 valence electrons. The molecule has 10 nitrogen and oxygen atoms in total. The maximum absolute atomic E-state index is 7.07. The van der Waals surface area contributed by atoms with Crippen LogP contribution in [0.25, 0.3) is 0 Å². The Morgan fingerprint density at radius 1 is 0.351 bits per heavy atom. The molecule has 2 unspecified atom stereocenters. The van der Waals surface area contributed by atoms with Gasteiger partial charge in [0.2, 0.25) is 0 Å². The second-order valence-electron chi connectivity index (χ2n) is 8.17. The van der Waals surface area contributed by atoms with E-state index < -0.39 is 82.6 Å². The zero-order valence-corrected chi connectivity index (χ0v) is 32.9. The average molecular weight is 674 g/mol. The molecule has 2 heterocycles. The minimum atomic E-state index is -3.32. The Balaban J connectivity index is 2.64. The minimum Gasteiger partial charge on any atom is -0.414 e. The lowest BCUT2D eigenvalue weighted by Crippen LogP contribution is -2.66. The highest BCUT2D eigenvalue weighted by Crippen LogP contribution is 2.32. The quantitative estimate of drug-likeness (QED) is 0.322. The minimum absolute atomic E-state index is 0.584. The van der Waals surface area contributed by atoms with Gasteiger partial charge < -0.3 is 41.2 Å². The van der Waals surface area contributed by atoms with Crippen molar-refractivity contribution in [1.29, 1.82) is 0 Å². The van der Waals surface area contributed by atoms with Crippen molar-refractivity contribution in [2.75, 3.05) is 0 Å². The van der Waals surface area contributed by atoms with Crippen LogP contribution in [0.2, 0.25) is 54.4 Å². The van der Waals surface area contributed by atoms with E-state index in [1.807, 2.05) is 0 Å². The number of fused-ring (bicyclic) bond motifs is 2. The molecule has 0 aromatic heterocycles. The van der Waals surface area contributed by atoms with Gasteiger partial charge in [0, 0.05) is 12.1 Å². The van der Waals surface area contributed by atoms with E-state index in [4.69, 9.17) is 41.2 Å². The summed E-state index contributed by atoms with van der Waals surface area (Å²) in [5, 5.41) is 0. The fourth-order valence-electron chi connectivity index (χ4n) is 3.28. The monoisotopic (exact) mass is 673 g/mol. The molecule has 7 radical (unpaired) electrons. The molecule has 0 saturated carbocycles. The van der Waals surface area contributed by atoms with Gasteiger partial charge in [-0.15, -0.1) is 0 Å². The summed E-state index contributed by atoms with van der Waals surface area (Å²) in [6.45, 7) is 18.8. The highest BCUT2D eigenvalue weighted by Gasteiger charge is 2.58. The van der Waals surface area contributed by atoms with E-state index >= 15 is 0 Å². The van der Waals surface area contributed by atoms with Crippen molar-refractivity contribution < 1.29 is 41.2 Å². The number of hydrogen-bond donors (Lipinski definition) is 0. The third-order valence-corrected chi connectivity index (χ3v) is 31.4. The van der Waals surface area contributed by atoms with E-state index in [-0.39, 0.29) is 0 Å². The van der Waals surface area contributed by atoms with Crippen LogP contribution in [0.3, 0.4) is 0 Å². The molecule has 0 aliphatic carbocycles. The lowest BCUT2D eigenvalue weighted by molar-refractivity contribution is 0.141. The summed E-state index contributed by atoms with van der Waals surface area (Å²) < 4.78 is 67.1. The second kappa shape index (κ2) is 17.5. The van der Waals surface area contributed by atoms with E-state index in [0.29, 0.717) is 12.1 Å². The molecule has 0 spiro atoms. The Labute approximate surface area is 239 Å². The summed E-state index contributed by atoms with van der Waals surface area (Å²) in [5.74, 6) is 0.